The molecule has 4 nitrogen and oxygen atoms in total. The number of nitrogens with one attached hydrogen (secondary N) is 1. The third-order valence-corrected chi connectivity index (χ3v) is 4.14. The molecule has 3 rings (SSSR count). The van der Waals surface area contributed by atoms with Crippen LogP contribution in [0.4, 0.5) is 0 Å². The number of ether oxygens (including phenoxy) is 1. The predicted molar refractivity (Wildman–Crippen MR) is 96.2 cm³/mol. The van der Waals surface area contributed by atoms with Crippen LogP contribution in [0.15, 0.2) is 77.4 Å². The van der Waals surface area contributed by atoms with Crippen LogP contribution in [0, 0.1) is 0 Å². The molecule has 0 saturated carbocycles. The maximum Gasteiger partial charge on any atom is 0.341 e. The number of rotatable bonds is 7. The molecule has 1 atom stereocenters. The Morgan fingerprint density at radius 3 is 2.40 bits per heavy atom. The molecule has 1 heterocycles. The topological polar surface area (TPSA) is 51.5 Å². The van der Waals surface area contributed by atoms with E-state index in [1.54, 1.807) is 6.07 Å². The lowest BCUT2D eigenvalue weighted by atomic mass is 9.98. The number of furan rings is 1. The van der Waals surface area contributed by atoms with Crippen molar-refractivity contribution < 1.29 is 13.9 Å². The number of benzene rings is 2. The highest BCUT2D eigenvalue weighted by atomic mass is 16.5. The quantitative estimate of drug-likeness (QED) is 0.659. The lowest BCUT2D eigenvalue weighted by Gasteiger charge is -2.19. The smallest absolute Gasteiger partial charge is 0.341 e. The van der Waals surface area contributed by atoms with Gasteiger partial charge in [-0.25, -0.2) is 4.79 Å². The molecular formula is C21H21NO3. The number of esters is 1. The summed E-state index contributed by atoms with van der Waals surface area (Å²) in [4.78, 5) is 11.8. The average Bonchev–Trinajstić information content (AvgIpc) is 3.14. The molecule has 0 aliphatic rings. The fourth-order valence-corrected chi connectivity index (χ4v) is 2.83. The van der Waals surface area contributed by atoms with E-state index in [4.69, 9.17) is 9.15 Å². The molecule has 128 valence electrons. The molecule has 3 aromatic rings. The molecule has 0 saturated heterocycles. The van der Waals surface area contributed by atoms with Crippen molar-refractivity contribution in [2.45, 2.75) is 19.0 Å². The van der Waals surface area contributed by atoms with E-state index in [-0.39, 0.29) is 12.0 Å². The Kier molecular flexibility index (Phi) is 5.65. The van der Waals surface area contributed by atoms with Gasteiger partial charge in [0.15, 0.2) is 0 Å². The van der Waals surface area contributed by atoms with Crippen LogP contribution in [-0.4, -0.2) is 13.1 Å². The van der Waals surface area contributed by atoms with Gasteiger partial charge in [0.2, 0.25) is 0 Å². The molecule has 25 heavy (non-hydrogen) atoms. The van der Waals surface area contributed by atoms with Crippen LogP contribution in [-0.2, 0) is 17.7 Å². The Morgan fingerprint density at radius 1 is 1.04 bits per heavy atom. The van der Waals surface area contributed by atoms with Gasteiger partial charge in [-0.15, -0.1) is 0 Å². The maximum absolute atomic E-state index is 11.8. The summed E-state index contributed by atoms with van der Waals surface area (Å²) < 4.78 is 10.3. The van der Waals surface area contributed by atoms with Crippen LogP contribution in [0.2, 0.25) is 0 Å². The summed E-state index contributed by atoms with van der Waals surface area (Å²) in [6.45, 7) is 0.448. The van der Waals surface area contributed by atoms with Crippen LogP contribution in [0.3, 0.4) is 0 Å². The van der Waals surface area contributed by atoms with Gasteiger partial charge in [-0.1, -0.05) is 60.7 Å². The first-order valence-electron chi connectivity index (χ1n) is 8.25. The number of hydrogen-bond donors (Lipinski definition) is 1. The zero-order chi connectivity index (χ0) is 17.5. The van der Waals surface area contributed by atoms with Crippen molar-refractivity contribution in [1.29, 1.82) is 0 Å². The van der Waals surface area contributed by atoms with E-state index in [1.807, 2.05) is 36.4 Å². The predicted octanol–water partition coefficient (Wildman–Crippen LogP) is 4.14. The molecule has 4 heteroatoms. The Hall–Kier alpha value is -2.85. The Bertz CT molecular complexity index is 796. The lowest BCUT2D eigenvalue weighted by Crippen LogP contribution is -2.23. The van der Waals surface area contributed by atoms with Gasteiger partial charge in [0.25, 0.3) is 0 Å². The Balaban J connectivity index is 1.76. The second-order valence-electron chi connectivity index (χ2n) is 5.78. The molecule has 0 aliphatic carbocycles. The first-order valence-corrected chi connectivity index (χ1v) is 8.25. The summed E-state index contributed by atoms with van der Waals surface area (Å²) in [7, 11) is 1.37. The molecule has 0 bridgehead atoms. The summed E-state index contributed by atoms with van der Waals surface area (Å²) in [6, 6.07) is 22.3. The van der Waals surface area contributed by atoms with E-state index in [9.17, 15) is 4.79 Å². The van der Waals surface area contributed by atoms with Crippen molar-refractivity contribution >= 4 is 5.97 Å². The fourth-order valence-electron chi connectivity index (χ4n) is 2.83. The van der Waals surface area contributed by atoms with Crippen molar-refractivity contribution in [3.05, 3.63) is 95.4 Å². The largest absolute Gasteiger partial charge is 0.467 e. The number of hydrogen-bond acceptors (Lipinski definition) is 4. The zero-order valence-corrected chi connectivity index (χ0v) is 14.1. The minimum absolute atomic E-state index is 0.110. The summed E-state index contributed by atoms with van der Waals surface area (Å²) in [5.74, 6) is 0.200. The number of carbonyl (C=O) groups is 1. The van der Waals surface area contributed by atoms with Crippen molar-refractivity contribution in [3.8, 4) is 0 Å². The Labute approximate surface area is 147 Å². The maximum atomic E-state index is 11.8. The molecular weight excluding hydrogens is 314 g/mol. The van der Waals surface area contributed by atoms with Crippen LogP contribution in [0.25, 0.3) is 0 Å². The fraction of sp³-hybridized carbons (Fsp3) is 0.190. The zero-order valence-electron chi connectivity index (χ0n) is 14.1. The highest BCUT2D eigenvalue weighted by Crippen LogP contribution is 2.20. The van der Waals surface area contributed by atoms with Crippen molar-refractivity contribution in [3.63, 3.8) is 0 Å². The molecule has 1 N–H and O–H groups in total. The summed E-state index contributed by atoms with van der Waals surface area (Å²) in [5, 5.41) is 3.50. The van der Waals surface area contributed by atoms with E-state index < -0.39 is 0 Å². The Morgan fingerprint density at radius 2 is 1.72 bits per heavy atom. The van der Waals surface area contributed by atoms with Crippen LogP contribution >= 0.6 is 0 Å². The standard InChI is InChI=1S/C21H21NO3/c1-24-21(23)18-12-13-25-20(18)15-22-19(17-10-6-3-7-11-17)14-16-8-4-2-5-9-16/h2-13,19,22H,14-15H2,1H3. The molecule has 1 aromatic heterocycles. The van der Waals surface area contributed by atoms with Gasteiger partial charge >= 0.3 is 5.97 Å². The first kappa shape index (κ1) is 17.0. The van der Waals surface area contributed by atoms with Crippen LogP contribution in [0.5, 0.6) is 0 Å². The highest BCUT2D eigenvalue weighted by Gasteiger charge is 2.17. The summed E-state index contributed by atoms with van der Waals surface area (Å²) in [6.07, 6.45) is 2.36. The van der Waals surface area contributed by atoms with E-state index in [0.29, 0.717) is 17.9 Å². The van der Waals surface area contributed by atoms with Gasteiger partial charge in [0, 0.05) is 6.04 Å². The van der Waals surface area contributed by atoms with Crippen LogP contribution in [0.1, 0.15) is 33.3 Å². The van der Waals surface area contributed by atoms with Crippen molar-refractivity contribution in [2.24, 2.45) is 0 Å². The second kappa shape index (κ2) is 8.31. The molecule has 0 amide bonds. The normalized spacial score (nSPS) is 11.9. The average molecular weight is 335 g/mol. The van der Waals surface area contributed by atoms with Crippen molar-refractivity contribution in [1.82, 2.24) is 5.32 Å². The van der Waals surface area contributed by atoms with E-state index >= 15 is 0 Å². The van der Waals surface area contributed by atoms with Gasteiger partial charge in [0.05, 0.1) is 19.9 Å². The molecule has 0 spiro atoms. The molecule has 1 unspecified atom stereocenters. The minimum Gasteiger partial charge on any atom is -0.467 e. The third-order valence-electron chi connectivity index (χ3n) is 4.14. The van der Waals surface area contributed by atoms with E-state index in [1.165, 1.54) is 24.5 Å². The van der Waals surface area contributed by atoms with Crippen molar-refractivity contribution in [2.75, 3.05) is 7.11 Å². The van der Waals surface area contributed by atoms with Gasteiger partial charge < -0.3 is 14.5 Å². The minimum atomic E-state index is -0.384. The lowest BCUT2D eigenvalue weighted by molar-refractivity contribution is 0.0598. The van der Waals surface area contributed by atoms with E-state index in [0.717, 1.165) is 6.42 Å². The molecule has 2 aromatic carbocycles. The second-order valence-corrected chi connectivity index (χ2v) is 5.78. The van der Waals surface area contributed by atoms with Gasteiger partial charge in [-0.05, 0) is 23.6 Å². The number of carbonyl (C=O) groups excluding carboxylic acids is 1. The first-order chi connectivity index (χ1) is 12.3. The number of methoxy groups -OCH3 is 1. The third kappa shape index (κ3) is 4.37. The van der Waals surface area contributed by atoms with Gasteiger partial charge in [0.1, 0.15) is 11.3 Å². The highest BCUT2D eigenvalue weighted by molar-refractivity contribution is 5.90. The van der Waals surface area contributed by atoms with Gasteiger partial charge in [-0.3, -0.25) is 0 Å². The molecule has 0 fully saturated rings. The molecule has 0 aliphatic heterocycles. The van der Waals surface area contributed by atoms with Gasteiger partial charge in [-0.2, -0.15) is 0 Å². The molecule has 0 radical (unpaired) electrons. The summed E-state index contributed by atoms with van der Waals surface area (Å²) >= 11 is 0. The SMILES string of the molecule is COC(=O)c1ccoc1CNC(Cc1ccccc1)c1ccccc1. The van der Waals surface area contributed by atoms with Crippen LogP contribution < -0.4 is 5.32 Å². The monoisotopic (exact) mass is 335 g/mol. The van der Waals surface area contributed by atoms with E-state index in [2.05, 4.69) is 29.6 Å². The summed E-state index contributed by atoms with van der Waals surface area (Å²) in [5.41, 5.74) is 2.90.